The van der Waals surface area contributed by atoms with Crippen molar-refractivity contribution in [2.24, 2.45) is 23.3 Å². The molecule has 0 aliphatic rings. The summed E-state index contributed by atoms with van der Waals surface area (Å²) in [6, 6.07) is -1.88. The molecule has 0 aliphatic carbocycles. The van der Waals surface area contributed by atoms with Gasteiger partial charge in [0.2, 0.25) is 0 Å². The zero-order valence-electron chi connectivity index (χ0n) is 44.7. The monoisotopic (exact) mass is 1060 g/mol. The number of hydrogen-bond donors (Lipinski definition) is 7. The number of esters is 1. The highest BCUT2D eigenvalue weighted by molar-refractivity contribution is 5.91. The summed E-state index contributed by atoms with van der Waals surface area (Å²) in [7, 11) is 0. The molecule has 0 saturated carbocycles. The lowest BCUT2D eigenvalue weighted by molar-refractivity contribution is -0.156. The summed E-state index contributed by atoms with van der Waals surface area (Å²) in [5, 5.41) is 45.6. The van der Waals surface area contributed by atoms with Crippen molar-refractivity contribution in [1.29, 1.82) is 0 Å². The van der Waals surface area contributed by atoms with Gasteiger partial charge in [-0.05, 0) is 126 Å². The van der Waals surface area contributed by atoms with Gasteiger partial charge in [0, 0.05) is 18.8 Å². The first-order chi connectivity index (χ1) is 34.4. The first kappa shape index (κ1) is 70.7. The maximum atomic E-state index is 13.5. The number of aliphatic carboxylic acids is 5. The zero-order valence-corrected chi connectivity index (χ0v) is 44.7. The Morgan fingerprint density at radius 3 is 1.14 bits per heavy atom. The van der Waals surface area contributed by atoms with Gasteiger partial charge in [-0.2, -0.15) is 0 Å². The first-order valence-corrected chi connectivity index (χ1v) is 25.1. The number of carboxylic acids is 5. The normalized spacial score (nSPS) is 13.1. The number of unbranched alkanes of at least 4 members (excludes halogenated alkanes) is 4. The SMILES string of the molecule is CC(=O)CN(CCCC[C@@H](C(=O)C[C@@H](CCCCN)C(C)=O)N(CC(C)=O)CC(C)=O)CC(=O)OC(C)(C)C.NCCCC[C@H](CC(=O)[C@H](CCCCN(CC(=O)O)CC(=O)O)N(CC(=O)O)CC(=O)O)C(=O)O. The van der Waals surface area contributed by atoms with Gasteiger partial charge in [-0.3, -0.25) is 77.1 Å². The van der Waals surface area contributed by atoms with Crippen LogP contribution in [0.1, 0.15) is 138 Å². The molecular formula is C50H86N6O18. The Labute approximate surface area is 434 Å². The van der Waals surface area contributed by atoms with E-state index in [1.165, 1.54) is 32.6 Å². The van der Waals surface area contributed by atoms with E-state index in [1.54, 1.807) is 30.6 Å². The lowest BCUT2D eigenvalue weighted by Gasteiger charge is -2.30. The smallest absolute Gasteiger partial charge is 0.320 e. The molecule has 24 heteroatoms. The minimum atomic E-state index is -1.36. The predicted molar refractivity (Wildman–Crippen MR) is 270 cm³/mol. The topological polar surface area (TPSA) is 380 Å². The van der Waals surface area contributed by atoms with Gasteiger partial charge in [0.05, 0.1) is 70.4 Å². The Hall–Kier alpha value is -5.40. The molecule has 0 aromatic rings. The van der Waals surface area contributed by atoms with Crippen LogP contribution < -0.4 is 11.5 Å². The van der Waals surface area contributed by atoms with E-state index in [9.17, 15) is 72.9 Å². The lowest BCUT2D eigenvalue weighted by Crippen LogP contribution is -2.47. The summed E-state index contributed by atoms with van der Waals surface area (Å²) in [5.41, 5.74) is 10.4. The summed E-state index contributed by atoms with van der Waals surface area (Å²) in [4.78, 5) is 148. The van der Waals surface area contributed by atoms with Crippen LogP contribution in [0.5, 0.6) is 0 Å². The van der Waals surface area contributed by atoms with E-state index in [-0.39, 0.29) is 93.7 Å². The first-order valence-electron chi connectivity index (χ1n) is 25.1. The van der Waals surface area contributed by atoms with E-state index in [0.717, 1.165) is 17.7 Å². The van der Waals surface area contributed by atoms with Crippen LogP contribution in [0.3, 0.4) is 0 Å². The van der Waals surface area contributed by atoms with E-state index in [2.05, 4.69) is 0 Å². The van der Waals surface area contributed by atoms with Gasteiger partial charge in [-0.25, -0.2) is 0 Å². The molecule has 0 radical (unpaired) electrons. The number of hydrogen-bond acceptors (Lipinski definition) is 19. The third kappa shape index (κ3) is 37.3. The summed E-state index contributed by atoms with van der Waals surface area (Å²) >= 11 is 0. The molecule has 74 heavy (non-hydrogen) atoms. The number of rotatable bonds is 44. The third-order valence-electron chi connectivity index (χ3n) is 11.3. The fraction of sp³-hybridized carbons (Fsp3) is 0.760. The molecule has 0 amide bonds. The van der Waals surface area contributed by atoms with Crippen molar-refractivity contribution in [3.8, 4) is 0 Å². The van der Waals surface area contributed by atoms with Crippen molar-refractivity contribution < 1.29 is 87.8 Å². The van der Waals surface area contributed by atoms with Crippen molar-refractivity contribution in [2.45, 2.75) is 156 Å². The average molecular weight is 1060 g/mol. The number of carbonyl (C=O) groups is 12. The molecular weight excluding hydrogens is 973 g/mol. The van der Waals surface area contributed by atoms with Gasteiger partial charge in [-0.15, -0.1) is 0 Å². The van der Waals surface area contributed by atoms with Gasteiger partial charge in [-0.1, -0.05) is 25.7 Å². The molecule has 0 bridgehead atoms. The Morgan fingerprint density at radius 1 is 0.446 bits per heavy atom. The molecule has 0 heterocycles. The number of carboxylic acid groups (broad SMARTS) is 5. The number of nitrogens with zero attached hydrogens (tertiary/aromatic N) is 4. The molecule has 0 unspecified atom stereocenters. The van der Waals surface area contributed by atoms with Gasteiger partial charge < -0.3 is 41.7 Å². The number of nitrogens with two attached hydrogens (primary N) is 2. The van der Waals surface area contributed by atoms with Gasteiger partial charge >= 0.3 is 35.8 Å². The van der Waals surface area contributed by atoms with Crippen LogP contribution in [0.15, 0.2) is 0 Å². The van der Waals surface area contributed by atoms with Gasteiger partial charge in [0.15, 0.2) is 11.6 Å². The Bertz CT molecular complexity index is 1790. The van der Waals surface area contributed by atoms with E-state index in [4.69, 9.17) is 26.4 Å². The molecule has 0 aromatic heterocycles. The molecule has 0 saturated heterocycles. The maximum absolute atomic E-state index is 13.5. The van der Waals surface area contributed by atoms with Crippen molar-refractivity contribution in [3.05, 3.63) is 0 Å². The summed E-state index contributed by atoms with van der Waals surface area (Å²) in [6.45, 7) is 9.94. The molecule has 0 spiro atoms. The molecule has 0 aromatic carbocycles. The molecule has 9 N–H and O–H groups in total. The molecule has 424 valence electrons. The molecule has 0 rings (SSSR count). The van der Waals surface area contributed by atoms with Crippen LogP contribution >= 0.6 is 0 Å². The standard InChI is InChI=1S/C29H51N3O7.C21H35N3O11/c1-21(33)17-31(20-28(38)39-29(5,6)7)15-11-9-13-26(32(18-22(2)34)19-23(3)35)27(37)16-25(24(4)36)12-8-10-14-30;22-7-3-1-5-14(21(34)35)9-16(25)15(24(12-19(30)31)13-20(32)33)6-2-4-8-23(10-17(26)27)11-18(28)29/h25-26H,8-20,30H2,1-7H3;14-15H,1-13,22H2,(H,26,27)(H,28,29)(H,30,31)(H,32,33)(H,34,35)/t25-,26+;14-,15+/m11/s1. The van der Waals surface area contributed by atoms with Crippen molar-refractivity contribution in [3.63, 3.8) is 0 Å². The quantitative estimate of drug-likeness (QED) is 0.0338. The number of carbonyl (C=O) groups excluding carboxylic acids is 7. The van der Waals surface area contributed by atoms with Crippen molar-refractivity contribution >= 4 is 70.5 Å². The van der Waals surface area contributed by atoms with E-state index < -0.39 is 104 Å². The van der Waals surface area contributed by atoms with E-state index >= 15 is 0 Å². The Kier molecular flexibility index (Phi) is 37.3. The summed E-state index contributed by atoms with van der Waals surface area (Å²) in [5.74, 6) is -9.49. The van der Waals surface area contributed by atoms with Crippen molar-refractivity contribution in [2.75, 3.05) is 78.5 Å². The number of ketones is 6. The van der Waals surface area contributed by atoms with Crippen LogP contribution in [0.4, 0.5) is 0 Å². The Morgan fingerprint density at radius 2 is 0.797 bits per heavy atom. The van der Waals surface area contributed by atoms with Crippen molar-refractivity contribution in [1.82, 2.24) is 19.6 Å². The minimum Gasteiger partial charge on any atom is -0.481 e. The van der Waals surface area contributed by atoms with Crippen LogP contribution in [0.25, 0.3) is 0 Å². The molecule has 0 aliphatic heterocycles. The number of ether oxygens (including phenoxy) is 1. The second kappa shape index (κ2) is 39.1. The minimum absolute atomic E-state index is 0.0114. The third-order valence-corrected chi connectivity index (χ3v) is 11.3. The fourth-order valence-corrected chi connectivity index (χ4v) is 8.18. The van der Waals surface area contributed by atoms with Gasteiger partial charge in [0.25, 0.3) is 0 Å². The van der Waals surface area contributed by atoms with Crippen LogP contribution in [0, 0.1) is 11.8 Å². The predicted octanol–water partition coefficient (Wildman–Crippen LogP) is 1.79. The highest BCUT2D eigenvalue weighted by Gasteiger charge is 2.33. The van der Waals surface area contributed by atoms with Crippen LogP contribution in [-0.2, 0) is 62.3 Å². The highest BCUT2D eigenvalue weighted by Crippen LogP contribution is 2.22. The molecule has 24 nitrogen and oxygen atoms in total. The summed E-state index contributed by atoms with van der Waals surface area (Å²) < 4.78 is 5.38. The zero-order chi connectivity index (χ0) is 57.1. The molecule has 0 fully saturated rings. The highest BCUT2D eigenvalue weighted by atomic mass is 16.6. The van der Waals surface area contributed by atoms with Crippen LogP contribution in [-0.4, -0.2) is 212 Å². The molecule has 4 atom stereocenters. The van der Waals surface area contributed by atoms with E-state index in [0.29, 0.717) is 58.2 Å². The lowest BCUT2D eigenvalue weighted by atomic mass is 9.88. The second-order valence-electron chi connectivity index (χ2n) is 19.8. The average Bonchev–Trinajstić information content (AvgIpc) is 3.23. The Balaban J connectivity index is 0. The van der Waals surface area contributed by atoms with Gasteiger partial charge in [0.1, 0.15) is 28.7 Å². The largest absolute Gasteiger partial charge is 0.481 e. The second-order valence-corrected chi connectivity index (χ2v) is 19.8. The maximum Gasteiger partial charge on any atom is 0.320 e. The van der Waals surface area contributed by atoms with E-state index in [1.807, 2.05) is 0 Å². The fourth-order valence-electron chi connectivity index (χ4n) is 8.18. The summed E-state index contributed by atoms with van der Waals surface area (Å²) in [6.07, 6.45) is 4.91. The van der Waals surface area contributed by atoms with Crippen LogP contribution in [0.2, 0.25) is 0 Å². The number of Topliss-reactive ketones (excluding diaryl/α,β-unsaturated/α-hetero) is 6.